The molecule has 1 amide bonds. The Morgan fingerprint density at radius 3 is 2.61 bits per heavy atom. The van der Waals surface area contributed by atoms with Crippen LogP contribution in [0.3, 0.4) is 0 Å². The van der Waals surface area contributed by atoms with Crippen LogP contribution in [0.1, 0.15) is 5.56 Å². The molecule has 5 nitrogen and oxygen atoms in total. The molecule has 1 aromatic carbocycles. The molecule has 0 unspecified atom stereocenters. The van der Waals surface area contributed by atoms with Crippen molar-refractivity contribution in [3.63, 3.8) is 0 Å². The molecule has 0 spiro atoms. The third-order valence-corrected chi connectivity index (χ3v) is 2.51. The molecule has 0 aliphatic carbocycles. The van der Waals surface area contributed by atoms with Crippen molar-refractivity contribution in [2.24, 2.45) is 5.73 Å². The Morgan fingerprint density at radius 2 is 2.06 bits per heavy atom. The maximum Gasteiger partial charge on any atom is 0.317 e. The number of benzene rings is 1. The third kappa shape index (κ3) is 4.68. The van der Waals surface area contributed by atoms with Crippen LogP contribution in [0, 0.1) is 5.82 Å². The summed E-state index contributed by atoms with van der Waals surface area (Å²) in [5.74, 6) is -2.25. The van der Waals surface area contributed by atoms with E-state index in [1.54, 1.807) is 0 Å². The quantitative estimate of drug-likeness (QED) is 0.805. The van der Waals surface area contributed by atoms with Crippen LogP contribution in [-0.4, -0.2) is 35.0 Å². The SMILES string of the molecule is NC(=O)CN(CC(=O)O)Cc1cc(F)ccc1Cl. The number of nitrogens with two attached hydrogens (primary N) is 1. The summed E-state index contributed by atoms with van der Waals surface area (Å²) in [6, 6.07) is 3.76. The van der Waals surface area contributed by atoms with Crippen molar-refractivity contribution in [2.75, 3.05) is 13.1 Å². The van der Waals surface area contributed by atoms with Gasteiger partial charge in [-0.15, -0.1) is 0 Å². The fraction of sp³-hybridized carbons (Fsp3) is 0.273. The standard InChI is InChI=1S/C11H12ClFN2O3/c12-9-2-1-8(13)3-7(9)4-15(5-10(14)16)6-11(17)18/h1-3H,4-6H2,(H2,14,16)(H,17,18). The molecule has 1 aromatic rings. The van der Waals surface area contributed by atoms with Crippen molar-refractivity contribution >= 4 is 23.5 Å². The zero-order valence-corrected chi connectivity index (χ0v) is 10.2. The minimum absolute atomic E-state index is 0.0336. The van der Waals surface area contributed by atoms with Gasteiger partial charge in [0.2, 0.25) is 5.91 Å². The van der Waals surface area contributed by atoms with Crippen LogP contribution in [-0.2, 0) is 16.1 Å². The number of nitrogens with zero attached hydrogens (tertiary/aromatic N) is 1. The molecule has 0 radical (unpaired) electrons. The molecule has 0 aliphatic heterocycles. The first kappa shape index (κ1) is 14.4. The highest BCUT2D eigenvalue weighted by Crippen LogP contribution is 2.18. The first-order chi connectivity index (χ1) is 8.38. The average molecular weight is 275 g/mol. The monoisotopic (exact) mass is 274 g/mol. The van der Waals surface area contributed by atoms with Crippen molar-refractivity contribution < 1.29 is 19.1 Å². The lowest BCUT2D eigenvalue weighted by molar-refractivity contribution is -0.138. The van der Waals surface area contributed by atoms with E-state index in [-0.39, 0.29) is 19.6 Å². The summed E-state index contributed by atoms with van der Waals surface area (Å²) in [7, 11) is 0. The van der Waals surface area contributed by atoms with Gasteiger partial charge in [-0.1, -0.05) is 11.6 Å². The fourth-order valence-corrected chi connectivity index (χ4v) is 1.66. The normalized spacial score (nSPS) is 10.6. The van der Waals surface area contributed by atoms with Gasteiger partial charge in [-0.25, -0.2) is 4.39 Å². The minimum Gasteiger partial charge on any atom is -0.480 e. The Labute approximate surface area is 108 Å². The Bertz CT molecular complexity index is 452. The molecule has 0 heterocycles. The first-order valence-electron chi connectivity index (χ1n) is 5.05. The molecule has 0 aliphatic rings. The fourth-order valence-electron chi connectivity index (χ4n) is 1.48. The van der Waals surface area contributed by atoms with Gasteiger partial charge in [-0.2, -0.15) is 0 Å². The van der Waals surface area contributed by atoms with Crippen LogP contribution in [0.25, 0.3) is 0 Å². The molecule has 0 saturated heterocycles. The predicted molar refractivity (Wildman–Crippen MR) is 63.5 cm³/mol. The van der Waals surface area contributed by atoms with Crippen LogP contribution in [0.15, 0.2) is 18.2 Å². The summed E-state index contributed by atoms with van der Waals surface area (Å²) >= 11 is 5.86. The van der Waals surface area contributed by atoms with E-state index in [2.05, 4.69) is 0 Å². The van der Waals surface area contributed by atoms with E-state index in [9.17, 15) is 14.0 Å². The molecule has 18 heavy (non-hydrogen) atoms. The van der Waals surface area contributed by atoms with Crippen molar-refractivity contribution in [3.8, 4) is 0 Å². The van der Waals surface area contributed by atoms with Crippen molar-refractivity contribution in [1.29, 1.82) is 0 Å². The van der Waals surface area contributed by atoms with Gasteiger partial charge in [0.05, 0.1) is 13.1 Å². The number of amides is 1. The lowest BCUT2D eigenvalue weighted by Gasteiger charge is -2.19. The first-order valence-corrected chi connectivity index (χ1v) is 5.42. The second-order valence-electron chi connectivity index (χ2n) is 3.74. The van der Waals surface area contributed by atoms with Crippen LogP contribution < -0.4 is 5.73 Å². The third-order valence-electron chi connectivity index (χ3n) is 2.14. The topological polar surface area (TPSA) is 83.6 Å². The molecule has 0 aromatic heterocycles. The zero-order chi connectivity index (χ0) is 13.7. The van der Waals surface area contributed by atoms with E-state index in [0.717, 1.165) is 0 Å². The molecule has 0 bridgehead atoms. The molecule has 0 saturated carbocycles. The van der Waals surface area contributed by atoms with Crippen LogP contribution in [0.5, 0.6) is 0 Å². The number of carboxylic acid groups (broad SMARTS) is 1. The van der Waals surface area contributed by atoms with Gasteiger partial charge in [0.1, 0.15) is 5.82 Å². The van der Waals surface area contributed by atoms with E-state index < -0.39 is 17.7 Å². The van der Waals surface area contributed by atoms with Gasteiger partial charge in [-0.05, 0) is 23.8 Å². The Morgan fingerprint density at radius 1 is 1.39 bits per heavy atom. The largest absolute Gasteiger partial charge is 0.480 e. The Kier molecular flexibility index (Phi) is 5.06. The predicted octanol–water partition coefficient (Wildman–Crippen LogP) is 0.851. The molecule has 0 fully saturated rings. The number of halogens is 2. The maximum absolute atomic E-state index is 13.0. The van der Waals surface area contributed by atoms with Crippen molar-refractivity contribution in [3.05, 3.63) is 34.6 Å². The second-order valence-corrected chi connectivity index (χ2v) is 4.15. The van der Waals surface area contributed by atoms with Crippen LogP contribution in [0.2, 0.25) is 5.02 Å². The molecular weight excluding hydrogens is 263 g/mol. The summed E-state index contributed by atoms with van der Waals surface area (Å²) in [5.41, 5.74) is 5.41. The average Bonchev–Trinajstić information content (AvgIpc) is 2.21. The van der Waals surface area contributed by atoms with Gasteiger partial charge in [0.25, 0.3) is 0 Å². The highest BCUT2D eigenvalue weighted by atomic mass is 35.5. The lowest BCUT2D eigenvalue weighted by atomic mass is 10.2. The number of rotatable bonds is 6. The molecule has 7 heteroatoms. The number of aliphatic carboxylic acids is 1. The highest BCUT2D eigenvalue weighted by molar-refractivity contribution is 6.31. The Hall–Kier alpha value is -1.66. The number of carbonyl (C=O) groups excluding carboxylic acids is 1. The molecule has 1 rings (SSSR count). The smallest absolute Gasteiger partial charge is 0.317 e. The van der Waals surface area contributed by atoms with Crippen LogP contribution >= 0.6 is 11.6 Å². The Balaban J connectivity index is 2.84. The summed E-state index contributed by atoms with van der Waals surface area (Å²) in [6.45, 7) is -0.583. The van der Waals surface area contributed by atoms with Crippen LogP contribution in [0.4, 0.5) is 4.39 Å². The lowest BCUT2D eigenvalue weighted by Crippen LogP contribution is -2.36. The van der Waals surface area contributed by atoms with E-state index in [1.807, 2.05) is 0 Å². The van der Waals surface area contributed by atoms with Gasteiger partial charge < -0.3 is 10.8 Å². The zero-order valence-electron chi connectivity index (χ0n) is 9.40. The van der Waals surface area contributed by atoms with E-state index in [1.165, 1.54) is 23.1 Å². The summed E-state index contributed by atoms with van der Waals surface area (Å²) in [4.78, 5) is 22.7. The van der Waals surface area contributed by atoms with E-state index >= 15 is 0 Å². The molecular formula is C11H12ClFN2O3. The van der Waals surface area contributed by atoms with Crippen molar-refractivity contribution in [2.45, 2.75) is 6.54 Å². The minimum atomic E-state index is -1.11. The summed E-state index contributed by atoms with van der Waals surface area (Å²) < 4.78 is 13.0. The van der Waals surface area contributed by atoms with Gasteiger partial charge in [-0.3, -0.25) is 14.5 Å². The van der Waals surface area contributed by atoms with Gasteiger partial charge in [0.15, 0.2) is 0 Å². The number of hydrogen-bond acceptors (Lipinski definition) is 3. The number of carbonyl (C=O) groups is 2. The molecule has 0 atom stereocenters. The highest BCUT2D eigenvalue weighted by Gasteiger charge is 2.14. The number of primary amides is 1. The summed E-state index contributed by atoms with van der Waals surface area (Å²) in [6.07, 6.45) is 0. The van der Waals surface area contributed by atoms with E-state index in [4.69, 9.17) is 22.4 Å². The van der Waals surface area contributed by atoms with E-state index in [0.29, 0.717) is 10.6 Å². The number of carboxylic acids is 1. The second kappa shape index (κ2) is 6.32. The molecule has 3 N–H and O–H groups in total. The van der Waals surface area contributed by atoms with Crippen molar-refractivity contribution in [1.82, 2.24) is 4.90 Å². The van der Waals surface area contributed by atoms with Gasteiger partial charge >= 0.3 is 5.97 Å². The summed E-state index contributed by atoms with van der Waals surface area (Å²) in [5, 5.41) is 9.00. The molecule has 98 valence electrons. The van der Waals surface area contributed by atoms with Gasteiger partial charge in [0, 0.05) is 11.6 Å². The number of hydrogen-bond donors (Lipinski definition) is 2. The maximum atomic E-state index is 13.0.